The number of para-hydroxylation sites is 2. The number of fused-ring (bicyclic) bond motifs is 2. The highest BCUT2D eigenvalue weighted by Crippen LogP contribution is 2.33. The minimum Gasteiger partial charge on any atom is -0.493 e. The van der Waals surface area contributed by atoms with Crippen LogP contribution in [0.4, 0.5) is 9.59 Å². The Labute approximate surface area is 537 Å². The highest BCUT2D eigenvalue weighted by Gasteiger charge is 2.36. The van der Waals surface area contributed by atoms with Crippen molar-refractivity contribution in [3.63, 3.8) is 0 Å². The molecular formula is C71H102N6O14. The van der Waals surface area contributed by atoms with Gasteiger partial charge in [-0.2, -0.15) is 0 Å². The number of allylic oxidation sites excluding steroid dienone is 4. The van der Waals surface area contributed by atoms with Crippen LogP contribution < -0.4 is 31.2 Å². The Morgan fingerprint density at radius 3 is 1.38 bits per heavy atom. The van der Waals surface area contributed by atoms with Crippen molar-refractivity contribution in [1.82, 2.24) is 30.4 Å². The van der Waals surface area contributed by atoms with Crippen molar-refractivity contribution in [2.45, 2.75) is 205 Å². The Morgan fingerprint density at radius 2 is 0.945 bits per heavy atom. The van der Waals surface area contributed by atoms with Crippen LogP contribution in [0.15, 0.2) is 82.4 Å². The zero-order valence-corrected chi connectivity index (χ0v) is 54.8. The van der Waals surface area contributed by atoms with Crippen molar-refractivity contribution in [2.24, 2.45) is 11.8 Å². The molecule has 10 rings (SSSR count). The molecule has 4 atom stereocenters. The molecule has 2 aliphatic heterocycles. The number of amides is 4. The van der Waals surface area contributed by atoms with Gasteiger partial charge in [0, 0.05) is 23.9 Å². The average Bonchev–Trinajstić information content (AvgIpc) is 1.78. The average molecular weight is 1260 g/mol. The molecule has 4 saturated carbocycles. The first-order chi connectivity index (χ1) is 44.3. The lowest BCUT2D eigenvalue weighted by Gasteiger charge is -2.23. The van der Waals surface area contributed by atoms with Crippen molar-refractivity contribution in [1.29, 1.82) is 0 Å². The highest BCUT2D eigenvalue weighted by molar-refractivity contribution is 5.89. The second kappa shape index (κ2) is 40.3. The Balaban J connectivity index is 0.000000216. The fraction of sp³-hybridized carbons (Fsp3) is 0.606. The molecule has 2 aromatic carbocycles. The van der Waals surface area contributed by atoms with Crippen molar-refractivity contribution in [3.05, 3.63) is 105 Å². The number of methoxy groups -OCH3 is 3. The predicted molar refractivity (Wildman–Crippen MR) is 353 cm³/mol. The van der Waals surface area contributed by atoms with Crippen molar-refractivity contribution < 1.29 is 57.2 Å². The van der Waals surface area contributed by atoms with Crippen molar-refractivity contribution >= 4 is 57.7 Å². The first kappa shape index (κ1) is 72.4. The minimum atomic E-state index is -0.674. The molecule has 500 valence electrons. The van der Waals surface area contributed by atoms with Crippen LogP contribution in [0.3, 0.4) is 0 Å². The summed E-state index contributed by atoms with van der Waals surface area (Å²) in [5, 5.41) is 6.70. The standard InChI is InChI=1S/C30H39N3O7.C21H27NO2.C10H16N2O5.2C5H10/c1-3-39-27-21-13-7-8-15-23(21)32-28(35)22(27)14-6-4-5-11-20-12-9-17-25(20)40-30(37)31-19-26(34)33-18-10-16-24(33)29(36)38-2;1-2-24-20-17-13-8-9-15-19(17)22-21(23)18(20)14-5-3-4-10-16-11-6-7-12-16;1-16-9(14)7-4-3-5-12(7)8(13)6-11-10(15)17-2;2*1-2-4-5-3-1/h4,6-8,13,15,20,24-25H,3,5,9-12,14,16-19H2,1-2H3,(H,31,37)(H,32,35);3,5,8-9,13,15-16H,2,4,6-7,10-12,14H2,1H3,(H,22,23);7H,3-6H2,1-2H3,(H,11,15);2*1-5H2/b6-4+;5-3-;;;/t20?,24?,25-;;;;/m1..../s1. The van der Waals surface area contributed by atoms with Crippen LogP contribution in [0.2, 0.25) is 0 Å². The van der Waals surface area contributed by atoms with Gasteiger partial charge in [0.05, 0.1) is 56.7 Å². The maximum atomic E-state index is 12.7. The van der Waals surface area contributed by atoms with Gasteiger partial charge in [-0.15, -0.1) is 0 Å². The van der Waals surface area contributed by atoms with Gasteiger partial charge in [0.25, 0.3) is 11.1 Å². The number of carbonyl (C=O) groups is 6. The molecule has 4 amide bonds. The van der Waals surface area contributed by atoms with Gasteiger partial charge in [-0.05, 0) is 133 Å². The smallest absolute Gasteiger partial charge is 0.407 e. The molecule has 91 heavy (non-hydrogen) atoms. The molecule has 20 heteroatoms. The topological polar surface area (TPSA) is 254 Å². The van der Waals surface area contributed by atoms with Gasteiger partial charge in [0.2, 0.25) is 11.8 Å². The SMILES string of the molecule is C1CCCC1.C1CCCC1.CCOc1c(C/C=C/CCC2CCC[C@H]2OC(=O)NCC(=O)N2CCCC2C(=O)OC)c(=O)[nH]c2ccccc12.CCOc1c(C/C=C\CCC2CCCC2)c(=O)[nH]c2ccccc12.COC(=O)NCC(=O)N1CCCC1C(=O)OC. The first-order valence-electron chi connectivity index (χ1n) is 33.7. The summed E-state index contributed by atoms with van der Waals surface area (Å²) >= 11 is 0. The van der Waals surface area contributed by atoms with Crippen molar-refractivity contribution in [3.8, 4) is 11.5 Å². The lowest BCUT2D eigenvalue weighted by molar-refractivity contribution is -0.150. The second-order valence-corrected chi connectivity index (χ2v) is 24.0. The van der Waals surface area contributed by atoms with Gasteiger partial charge in [-0.1, -0.05) is 138 Å². The van der Waals surface area contributed by atoms with Crippen LogP contribution in [0.1, 0.15) is 185 Å². The zero-order chi connectivity index (χ0) is 65.2. The number of ether oxygens (including phenoxy) is 6. The van der Waals surface area contributed by atoms with Crippen LogP contribution in [-0.4, -0.2) is 135 Å². The van der Waals surface area contributed by atoms with E-state index in [0.717, 1.165) is 90.4 Å². The van der Waals surface area contributed by atoms with Gasteiger partial charge < -0.3 is 58.8 Å². The molecule has 4 aliphatic carbocycles. The molecule has 4 heterocycles. The summed E-state index contributed by atoms with van der Waals surface area (Å²) in [6.07, 6.45) is 38.0. The van der Waals surface area contributed by atoms with E-state index in [-0.39, 0.29) is 48.0 Å². The molecule has 0 radical (unpaired) electrons. The number of nitrogens with zero attached hydrogens (tertiary/aromatic N) is 2. The molecule has 2 saturated heterocycles. The lowest BCUT2D eigenvalue weighted by Crippen LogP contribution is -2.46. The Kier molecular flexibility index (Phi) is 32.0. The summed E-state index contributed by atoms with van der Waals surface area (Å²) < 4.78 is 31.1. The number of esters is 2. The minimum absolute atomic E-state index is 0.0439. The number of likely N-dealkylation sites (tertiary alicyclic amines) is 2. The maximum Gasteiger partial charge on any atom is 0.407 e. The fourth-order valence-corrected chi connectivity index (χ4v) is 13.0. The number of benzene rings is 2. The third-order valence-electron chi connectivity index (χ3n) is 17.8. The van der Waals surface area contributed by atoms with E-state index in [1.807, 2.05) is 68.5 Å². The van der Waals surface area contributed by atoms with E-state index in [1.165, 1.54) is 127 Å². The molecule has 0 bridgehead atoms. The molecule has 4 aromatic rings. The van der Waals surface area contributed by atoms with Crippen molar-refractivity contribution in [2.75, 3.05) is 60.7 Å². The predicted octanol–water partition coefficient (Wildman–Crippen LogP) is 12.3. The van der Waals surface area contributed by atoms with E-state index in [0.29, 0.717) is 63.3 Å². The van der Waals surface area contributed by atoms with Gasteiger partial charge in [0.1, 0.15) is 42.8 Å². The monoisotopic (exact) mass is 1260 g/mol. The molecule has 2 aromatic heterocycles. The summed E-state index contributed by atoms with van der Waals surface area (Å²) in [6, 6.07) is 14.3. The molecule has 20 nitrogen and oxygen atoms in total. The number of nitrogens with one attached hydrogen (secondary N) is 4. The third-order valence-corrected chi connectivity index (χ3v) is 17.8. The first-order valence-corrected chi connectivity index (χ1v) is 33.7. The van der Waals surface area contributed by atoms with Gasteiger partial charge in [-0.25, -0.2) is 19.2 Å². The zero-order valence-electron chi connectivity index (χ0n) is 54.8. The number of aromatic amines is 2. The van der Waals surface area contributed by atoms with Crippen LogP contribution in [0.25, 0.3) is 21.8 Å². The number of rotatable bonds is 21. The number of alkyl carbamates (subject to hydrolysis) is 2. The summed E-state index contributed by atoms with van der Waals surface area (Å²) in [5.74, 6) is 1.01. The van der Waals surface area contributed by atoms with E-state index in [9.17, 15) is 38.4 Å². The number of aromatic nitrogens is 2. The summed E-state index contributed by atoms with van der Waals surface area (Å²) in [5.41, 5.74) is 2.74. The molecule has 0 spiro atoms. The summed E-state index contributed by atoms with van der Waals surface area (Å²) in [4.78, 5) is 105. The van der Waals surface area contributed by atoms with Gasteiger partial charge >= 0.3 is 24.1 Å². The van der Waals surface area contributed by atoms with E-state index in [1.54, 1.807) is 0 Å². The second-order valence-electron chi connectivity index (χ2n) is 24.0. The molecule has 4 N–H and O–H groups in total. The number of H-pyrrole nitrogens is 2. The largest absolute Gasteiger partial charge is 0.493 e. The molecule has 3 unspecified atom stereocenters. The Hall–Kier alpha value is -7.64. The van der Waals surface area contributed by atoms with E-state index < -0.39 is 36.2 Å². The normalized spacial score (nSPS) is 19.3. The third kappa shape index (κ3) is 23.2. The number of hydrogen-bond donors (Lipinski definition) is 4. The molecule has 6 fully saturated rings. The lowest BCUT2D eigenvalue weighted by atomic mass is 9.99. The van der Waals surface area contributed by atoms with E-state index >= 15 is 0 Å². The number of carbonyl (C=O) groups excluding carboxylic acids is 6. The molecule has 6 aliphatic rings. The number of hydrogen-bond acceptors (Lipinski definition) is 14. The van der Waals surface area contributed by atoms with E-state index in [2.05, 4.69) is 48.3 Å². The highest BCUT2D eigenvalue weighted by atomic mass is 16.6. The quantitative estimate of drug-likeness (QED) is 0.0344. The maximum absolute atomic E-state index is 12.7. The van der Waals surface area contributed by atoms with Crippen LogP contribution >= 0.6 is 0 Å². The van der Waals surface area contributed by atoms with Gasteiger partial charge in [-0.3, -0.25) is 19.2 Å². The Morgan fingerprint density at radius 1 is 0.505 bits per heavy atom. The fourth-order valence-electron chi connectivity index (χ4n) is 13.0. The summed E-state index contributed by atoms with van der Waals surface area (Å²) in [6.45, 7) is 5.47. The Bertz CT molecular complexity index is 3080. The van der Waals surface area contributed by atoms with E-state index in [4.69, 9.17) is 18.9 Å². The van der Waals surface area contributed by atoms with Crippen LogP contribution in [0, 0.1) is 11.8 Å². The summed E-state index contributed by atoms with van der Waals surface area (Å²) in [7, 11) is 3.81. The number of pyridine rings is 2. The molecular weight excluding hydrogens is 1160 g/mol. The van der Waals surface area contributed by atoms with Crippen LogP contribution in [-0.2, 0) is 51.0 Å². The van der Waals surface area contributed by atoms with Crippen LogP contribution in [0.5, 0.6) is 11.5 Å². The van der Waals surface area contributed by atoms with Gasteiger partial charge in [0.15, 0.2) is 0 Å².